The molecule has 0 atom stereocenters. The highest BCUT2D eigenvalue weighted by Crippen LogP contribution is 2.31. The molecule has 1 N–H and O–H groups in total. The molecular formula is C31H43N3O2. The first-order valence-corrected chi connectivity index (χ1v) is 14.2. The largest absolute Gasteiger partial charge is 0.371 e. The first-order chi connectivity index (χ1) is 17.6. The third kappa shape index (κ3) is 7.35. The van der Waals surface area contributed by atoms with Crippen molar-refractivity contribution in [3.63, 3.8) is 0 Å². The summed E-state index contributed by atoms with van der Waals surface area (Å²) in [6.45, 7) is 5.77. The lowest BCUT2D eigenvalue weighted by Gasteiger charge is -2.35. The zero-order chi connectivity index (χ0) is 25.2. The van der Waals surface area contributed by atoms with Crippen molar-refractivity contribution in [3.05, 3.63) is 59.7 Å². The maximum absolute atomic E-state index is 13.5. The Hall–Kier alpha value is -2.82. The Kier molecular flexibility index (Phi) is 9.83. The van der Waals surface area contributed by atoms with E-state index in [-0.39, 0.29) is 11.8 Å². The molecule has 0 aromatic heterocycles. The van der Waals surface area contributed by atoms with Gasteiger partial charge in [-0.1, -0.05) is 62.9 Å². The fraction of sp³-hybridized carbons (Fsp3) is 0.548. The summed E-state index contributed by atoms with van der Waals surface area (Å²) in [4.78, 5) is 30.4. The number of amides is 2. The maximum atomic E-state index is 13.5. The van der Waals surface area contributed by atoms with Crippen LogP contribution < -0.4 is 10.2 Å². The minimum Gasteiger partial charge on any atom is -0.371 e. The minimum atomic E-state index is 0.0422. The molecule has 5 nitrogen and oxygen atoms in total. The summed E-state index contributed by atoms with van der Waals surface area (Å²) in [5.41, 5.74) is 3.90. The normalized spacial score (nSPS) is 16.4. The van der Waals surface area contributed by atoms with Gasteiger partial charge in [0.05, 0.1) is 5.56 Å². The Bertz CT molecular complexity index is 977. The number of carbonyl (C=O) groups is 2. The fourth-order valence-electron chi connectivity index (χ4n) is 5.59. The molecule has 2 aromatic carbocycles. The third-order valence-electron chi connectivity index (χ3n) is 7.73. The lowest BCUT2D eigenvalue weighted by Crippen LogP contribution is -2.36. The highest BCUT2D eigenvalue weighted by molar-refractivity contribution is 6.02. The van der Waals surface area contributed by atoms with Crippen molar-refractivity contribution >= 4 is 23.2 Å². The molecule has 2 amide bonds. The van der Waals surface area contributed by atoms with Gasteiger partial charge in [0.1, 0.15) is 0 Å². The summed E-state index contributed by atoms with van der Waals surface area (Å²) in [6.07, 6.45) is 11.7. The van der Waals surface area contributed by atoms with E-state index in [1.165, 1.54) is 24.8 Å². The molecule has 2 fully saturated rings. The van der Waals surface area contributed by atoms with Gasteiger partial charge < -0.3 is 15.1 Å². The first kappa shape index (κ1) is 26.2. The highest BCUT2D eigenvalue weighted by Gasteiger charge is 2.27. The zero-order valence-electron chi connectivity index (χ0n) is 22.0. The molecule has 0 spiro atoms. The maximum Gasteiger partial charge on any atom is 0.256 e. The van der Waals surface area contributed by atoms with Crippen molar-refractivity contribution in [2.24, 2.45) is 5.92 Å². The first-order valence-electron chi connectivity index (χ1n) is 14.2. The van der Waals surface area contributed by atoms with E-state index in [9.17, 15) is 9.59 Å². The molecule has 2 heterocycles. The van der Waals surface area contributed by atoms with E-state index in [0.717, 1.165) is 88.1 Å². The molecule has 0 unspecified atom stereocenters. The summed E-state index contributed by atoms with van der Waals surface area (Å²) < 4.78 is 0. The number of hydrogen-bond acceptors (Lipinski definition) is 3. The number of carbonyl (C=O) groups excluding carboxylic acids is 2. The Balaban J connectivity index is 1.41. The second-order valence-corrected chi connectivity index (χ2v) is 10.6. The van der Waals surface area contributed by atoms with Gasteiger partial charge in [0.15, 0.2) is 0 Å². The smallest absolute Gasteiger partial charge is 0.256 e. The average molecular weight is 490 g/mol. The second-order valence-electron chi connectivity index (χ2n) is 10.6. The van der Waals surface area contributed by atoms with E-state index in [4.69, 9.17) is 0 Å². The number of nitrogens with one attached hydrogen (secondary N) is 1. The third-order valence-corrected chi connectivity index (χ3v) is 7.73. The van der Waals surface area contributed by atoms with Gasteiger partial charge in [-0.3, -0.25) is 9.59 Å². The van der Waals surface area contributed by atoms with Crippen LogP contribution in [0.15, 0.2) is 48.5 Å². The van der Waals surface area contributed by atoms with Gasteiger partial charge in [-0.15, -0.1) is 0 Å². The number of hydrogen-bond donors (Lipinski definition) is 1. The molecule has 36 heavy (non-hydrogen) atoms. The Labute approximate surface area is 217 Å². The van der Waals surface area contributed by atoms with Crippen LogP contribution in [0.2, 0.25) is 0 Å². The number of anilines is 2. The number of unbranched alkanes of at least 4 members (excludes halogenated alkanes) is 4. The number of likely N-dealkylation sites (tertiary alicyclic amines) is 1. The molecule has 0 radical (unpaired) electrons. The monoisotopic (exact) mass is 489 g/mol. The van der Waals surface area contributed by atoms with E-state index in [2.05, 4.69) is 53.5 Å². The molecule has 4 rings (SSSR count). The quantitative estimate of drug-likeness (QED) is 0.358. The fourth-order valence-corrected chi connectivity index (χ4v) is 5.59. The van der Waals surface area contributed by atoms with E-state index < -0.39 is 0 Å². The summed E-state index contributed by atoms with van der Waals surface area (Å²) >= 11 is 0. The van der Waals surface area contributed by atoms with E-state index in [1.54, 1.807) is 0 Å². The Morgan fingerprint density at radius 1 is 0.889 bits per heavy atom. The summed E-state index contributed by atoms with van der Waals surface area (Å²) in [5, 5.41) is 3.05. The van der Waals surface area contributed by atoms with Crippen molar-refractivity contribution in [2.75, 3.05) is 36.4 Å². The molecule has 2 aliphatic heterocycles. The van der Waals surface area contributed by atoms with Gasteiger partial charge in [0.2, 0.25) is 5.91 Å². The van der Waals surface area contributed by atoms with E-state index in [0.29, 0.717) is 12.3 Å². The van der Waals surface area contributed by atoms with Gasteiger partial charge in [-0.25, -0.2) is 0 Å². The molecule has 5 heteroatoms. The van der Waals surface area contributed by atoms with Gasteiger partial charge in [-0.2, -0.15) is 0 Å². The molecular weight excluding hydrogens is 446 g/mol. The van der Waals surface area contributed by atoms with E-state index >= 15 is 0 Å². The van der Waals surface area contributed by atoms with Crippen LogP contribution in [0.25, 0.3) is 0 Å². The van der Waals surface area contributed by atoms with Gasteiger partial charge in [0, 0.05) is 44.0 Å². The van der Waals surface area contributed by atoms with Crippen LogP contribution in [0.4, 0.5) is 11.4 Å². The molecule has 0 bridgehead atoms. The average Bonchev–Trinajstić information content (AvgIpc) is 3.44. The highest BCUT2D eigenvalue weighted by atomic mass is 16.2. The van der Waals surface area contributed by atoms with Crippen LogP contribution >= 0.6 is 0 Å². The van der Waals surface area contributed by atoms with Crippen molar-refractivity contribution in [1.29, 1.82) is 0 Å². The molecule has 194 valence electrons. The standard InChI is InChI=1S/C31H43N3O2/c1-2-3-4-5-9-14-30(35)32-27-15-16-29(28(24-27)31(36)34-19-10-11-20-34)33-21-17-26(18-22-33)23-25-12-7-6-8-13-25/h6-8,12-13,15-16,24,26H,2-5,9-11,14,17-23H2,1H3,(H,32,35). The second kappa shape index (κ2) is 13.5. The lowest BCUT2D eigenvalue weighted by molar-refractivity contribution is -0.116. The van der Waals surface area contributed by atoms with Gasteiger partial charge in [-0.05, 0) is 68.2 Å². The summed E-state index contributed by atoms with van der Waals surface area (Å²) in [5.74, 6) is 0.822. The predicted octanol–water partition coefficient (Wildman–Crippen LogP) is 6.68. The molecule has 2 aromatic rings. The van der Waals surface area contributed by atoms with Gasteiger partial charge in [0.25, 0.3) is 5.91 Å². The van der Waals surface area contributed by atoms with Crippen LogP contribution in [-0.2, 0) is 11.2 Å². The van der Waals surface area contributed by atoms with Crippen LogP contribution in [0.1, 0.15) is 87.1 Å². The van der Waals surface area contributed by atoms with E-state index in [1.807, 2.05) is 17.0 Å². The molecule has 2 saturated heterocycles. The van der Waals surface area contributed by atoms with Crippen LogP contribution in [0.3, 0.4) is 0 Å². The molecule has 0 aliphatic carbocycles. The van der Waals surface area contributed by atoms with Crippen molar-refractivity contribution in [1.82, 2.24) is 4.90 Å². The number of benzene rings is 2. The predicted molar refractivity (Wildman–Crippen MR) is 149 cm³/mol. The van der Waals surface area contributed by atoms with Gasteiger partial charge >= 0.3 is 0 Å². The zero-order valence-corrected chi connectivity index (χ0v) is 22.0. The SMILES string of the molecule is CCCCCCCC(=O)Nc1ccc(N2CCC(Cc3ccccc3)CC2)c(C(=O)N2CCCC2)c1. The Morgan fingerprint density at radius 2 is 1.61 bits per heavy atom. The number of piperidine rings is 1. The minimum absolute atomic E-state index is 0.0422. The summed E-state index contributed by atoms with van der Waals surface area (Å²) in [7, 11) is 0. The van der Waals surface area contributed by atoms with Crippen LogP contribution in [0, 0.1) is 5.92 Å². The Morgan fingerprint density at radius 3 is 2.33 bits per heavy atom. The summed E-state index contributed by atoms with van der Waals surface area (Å²) in [6, 6.07) is 16.7. The van der Waals surface area contributed by atoms with Crippen LogP contribution in [-0.4, -0.2) is 42.9 Å². The number of nitrogens with zero attached hydrogens (tertiary/aromatic N) is 2. The molecule has 2 aliphatic rings. The lowest BCUT2D eigenvalue weighted by atomic mass is 9.89. The van der Waals surface area contributed by atoms with Crippen molar-refractivity contribution in [3.8, 4) is 0 Å². The van der Waals surface area contributed by atoms with Crippen molar-refractivity contribution < 1.29 is 9.59 Å². The topological polar surface area (TPSA) is 52.7 Å². The number of rotatable bonds is 11. The molecule has 0 saturated carbocycles. The van der Waals surface area contributed by atoms with Crippen molar-refractivity contribution in [2.45, 2.75) is 77.6 Å². The van der Waals surface area contributed by atoms with Crippen LogP contribution in [0.5, 0.6) is 0 Å².